The van der Waals surface area contributed by atoms with Gasteiger partial charge in [-0.1, -0.05) is 18.2 Å². The smallest absolute Gasteiger partial charge is 0.231 e. The van der Waals surface area contributed by atoms with Gasteiger partial charge in [-0.3, -0.25) is 9.59 Å². The third-order valence-electron chi connectivity index (χ3n) is 4.62. The highest BCUT2D eigenvalue weighted by Gasteiger charge is 2.29. The van der Waals surface area contributed by atoms with Crippen LogP contribution in [0.4, 0.5) is 11.4 Å². The molecule has 1 aliphatic heterocycles. The van der Waals surface area contributed by atoms with Crippen LogP contribution in [0, 0.1) is 11.8 Å². The maximum absolute atomic E-state index is 12.5. The maximum atomic E-state index is 12.5. The van der Waals surface area contributed by atoms with Crippen LogP contribution in [-0.4, -0.2) is 18.4 Å². The summed E-state index contributed by atoms with van der Waals surface area (Å²) in [5.41, 5.74) is 2.53. The quantitative estimate of drug-likeness (QED) is 0.901. The summed E-state index contributed by atoms with van der Waals surface area (Å²) in [6, 6.07) is 15.0. The van der Waals surface area contributed by atoms with E-state index < -0.39 is 0 Å². The Kier molecular flexibility index (Phi) is 4.14. The first kappa shape index (κ1) is 15.7. The highest BCUT2D eigenvalue weighted by molar-refractivity contribution is 5.95. The van der Waals surface area contributed by atoms with E-state index in [4.69, 9.17) is 4.74 Å². The van der Waals surface area contributed by atoms with Crippen molar-refractivity contribution in [2.24, 2.45) is 11.8 Å². The Balaban J connectivity index is 1.35. The van der Waals surface area contributed by atoms with E-state index in [-0.39, 0.29) is 23.7 Å². The van der Waals surface area contributed by atoms with Crippen LogP contribution in [-0.2, 0) is 16.0 Å². The number of nitrogens with one attached hydrogen (secondary N) is 2. The number of anilines is 2. The number of hydrogen-bond donors (Lipinski definition) is 2. The summed E-state index contributed by atoms with van der Waals surface area (Å²) in [5.74, 6) is 0.860. The van der Waals surface area contributed by atoms with Gasteiger partial charge in [0.25, 0.3) is 0 Å². The van der Waals surface area contributed by atoms with Crippen LogP contribution in [0.1, 0.15) is 18.4 Å². The van der Waals surface area contributed by atoms with Crippen molar-refractivity contribution in [2.45, 2.75) is 19.3 Å². The summed E-state index contributed by atoms with van der Waals surface area (Å²) >= 11 is 0. The first-order valence-corrected chi connectivity index (χ1v) is 8.61. The van der Waals surface area contributed by atoms with Crippen molar-refractivity contribution in [3.63, 3.8) is 0 Å². The number of hydrogen-bond acceptors (Lipinski definition) is 3. The van der Waals surface area contributed by atoms with E-state index in [9.17, 15) is 9.59 Å². The topological polar surface area (TPSA) is 67.4 Å². The monoisotopic (exact) mass is 336 g/mol. The minimum atomic E-state index is -0.204. The summed E-state index contributed by atoms with van der Waals surface area (Å²) in [7, 11) is 0. The van der Waals surface area contributed by atoms with Crippen LogP contribution < -0.4 is 15.4 Å². The Labute approximate surface area is 146 Å². The number of carbonyl (C=O) groups is 2. The fraction of sp³-hybridized carbons (Fsp3) is 0.300. The largest absolute Gasteiger partial charge is 0.492 e. The second kappa shape index (κ2) is 6.59. The van der Waals surface area contributed by atoms with E-state index in [0.717, 1.165) is 29.8 Å². The van der Waals surface area contributed by atoms with Gasteiger partial charge in [-0.15, -0.1) is 0 Å². The molecule has 0 aromatic heterocycles. The van der Waals surface area contributed by atoms with Crippen LogP contribution in [0.15, 0.2) is 48.5 Å². The highest BCUT2D eigenvalue weighted by Crippen LogP contribution is 2.30. The number of carbonyl (C=O) groups excluding carboxylic acids is 2. The SMILES string of the molecule is O=C(Nc1ccc(NC(=O)C2COc3ccccc3C2)cc1)C1CC1. The number of amides is 2. The molecule has 2 amide bonds. The summed E-state index contributed by atoms with van der Waals surface area (Å²) in [4.78, 5) is 24.2. The van der Waals surface area contributed by atoms with Crippen molar-refractivity contribution in [3.8, 4) is 5.75 Å². The number of fused-ring (bicyclic) bond motifs is 1. The zero-order valence-corrected chi connectivity index (χ0v) is 13.8. The van der Waals surface area contributed by atoms with E-state index >= 15 is 0 Å². The molecule has 25 heavy (non-hydrogen) atoms. The van der Waals surface area contributed by atoms with Crippen LogP contribution in [0.5, 0.6) is 5.75 Å². The van der Waals surface area contributed by atoms with Crippen molar-refractivity contribution in [1.29, 1.82) is 0 Å². The Bertz CT molecular complexity index is 797. The molecule has 5 heteroatoms. The van der Waals surface area contributed by atoms with E-state index in [1.54, 1.807) is 12.1 Å². The van der Waals surface area contributed by atoms with Crippen molar-refractivity contribution in [3.05, 3.63) is 54.1 Å². The molecule has 128 valence electrons. The number of para-hydroxylation sites is 1. The van der Waals surface area contributed by atoms with Gasteiger partial charge in [0.2, 0.25) is 11.8 Å². The van der Waals surface area contributed by atoms with Crippen LogP contribution in [0.25, 0.3) is 0 Å². The average Bonchev–Trinajstić information content (AvgIpc) is 3.48. The van der Waals surface area contributed by atoms with Gasteiger partial charge in [0.1, 0.15) is 12.4 Å². The van der Waals surface area contributed by atoms with Gasteiger partial charge in [-0.05, 0) is 55.2 Å². The third kappa shape index (κ3) is 3.65. The molecule has 0 bridgehead atoms. The lowest BCUT2D eigenvalue weighted by atomic mass is 9.96. The minimum Gasteiger partial charge on any atom is -0.492 e. The molecule has 2 N–H and O–H groups in total. The van der Waals surface area contributed by atoms with E-state index in [1.165, 1.54) is 0 Å². The molecule has 2 aromatic carbocycles. The molecule has 2 aromatic rings. The molecule has 1 aliphatic carbocycles. The van der Waals surface area contributed by atoms with Gasteiger partial charge in [0, 0.05) is 17.3 Å². The van der Waals surface area contributed by atoms with Gasteiger partial charge in [-0.25, -0.2) is 0 Å². The molecule has 1 atom stereocenters. The molecule has 1 unspecified atom stereocenters. The molecule has 5 nitrogen and oxygen atoms in total. The zero-order valence-electron chi connectivity index (χ0n) is 13.8. The van der Waals surface area contributed by atoms with Gasteiger partial charge >= 0.3 is 0 Å². The molecule has 1 fully saturated rings. The normalized spacial score (nSPS) is 18.6. The molecule has 2 aliphatic rings. The number of ether oxygens (including phenoxy) is 1. The summed E-state index contributed by atoms with van der Waals surface area (Å²) < 4.78 is 5.68. The Hall–Kier alpha value is -2.82. The lowest BCUT2D eigenvalue weighted by Gasteiger charge is -2.24. The van der Waals surface area contributed by atoms with Crippen LogP contribution in [0.2, 0.25) is 0 Å². The van der Waals surface area contributed by atoms with Gasteiger partial charge in [0.15, 0.2) is 0 Å². The molecular formula is C20H20N2O3. The second-order valence-corrected chi connectivity index (χ2v) is 6.65. The van der Waals surface area contributed by atoms with Gasteiger partial charge < -0.3 is 15.4 Å². The fourth-order valence-corrected chi connectivity index (χ4v) is 2.97. The second-order valence-electron chi connectivity index (χ2n) is 6.65. The lowest BCUT2D eigenvalue weighted by Crippen LogP contribution is -2.32. The minimum absolute atomic E-state index is 0.0516. The fourth-order valence-electron chi connectivity index (χ4n) is 2.97. The van der Waals surface area contributed by atoms with Crippen molar-refractivity contribution < 1.29 is 14.3 Å². The first-order valence-electron chi connectivity index (χ1n) is 8.61. The third-order valence-corrected chi connectivity index (χ3v) is 4.62. The molecule has 1 heterocycles. The zero-order chi connectivity index (χ0) is 17.2. The first-order chi connectivity index (χ1) is 12.2. The van der Waals surface area contributed by atoms with Crippen molar-refractivity contribution >= 4 is 23.2 Å². The van der Waals surface area contributed by atoms with Crippen molar-refractivity contribution in [1.82, 2.24) is 0 Å². The van der Waals surface area contributed by atoms with Gasteiger partial charge in [0.05, 0.1) is 5.92 Å². The molecule has 0 spiro atoms. The summed E-state index contributed by atoms with van der Waals surface area (Å²) in [6.45, 7) is 0.387. The standard InChI is InChI=1S/C20H20N2O3/c23-19(13-5-6-13)21-16-7-9-17(10-8-16)22-20(24)15-11-14-3-1-2-4-18(14)25-12-15/h1-4,7-10,13,15H,5-6,11-12H2,(H,21,23)(H,22,24). The van der Waals surface area contributed by atoms with E-state index in [0.29, 0.717) is 18.7 Å². The predicted molar refractivity (Wildman–Crippen MR) is 95.6 cm³/mol. The number of benzene rings is 2. The van der Waals surface area contributed by atoms with E-state index in [2.05, 4.69) is 10.6 Å². The molecule has 4 rings (SSSR count). The van der Waals surface area contributed by atoms with E-state index in [1.807, 2.05) is 36.4 Å². The predicted octanol–water partition coefficient (Wildman–Crippen LogP) is 3.22. The van der Waals surface area contributed by atoms with Crippen molar-refractivity contribution in [2.75, 3.05) is 17.2 Å². The molecular weight excluding hydrogens is 316 g/mol. The Morgan fingerprint density at radius 3 is 2.08 bits per heavy atom. The van der Waals surface area contributed by atoms with Gasteiger partial charge in [-0.2, -0.15) is 0 Å². The van der Waals surface area contributed by atoms with Crippen LogP contribution in [0.3, 0.4) is 0 Å². The lowest BCUT2D eigenvalue weighted by molar-refractivity contribution is -0.121. The Morgan fingerprint density at radius 1 is 0.840 bits per heavy atom. The Morgan fingerprint density at radius 2 is 1.44 bits per heavy atom. The highest BCUT2D eigenvalue weighted by atomic mass is 16.5. The molecule has 0 radical (unpaired) electrons. The van der Waals surface area contributed by atoms with Crippen LogP contribution >= 0.6 is 0 Å². The maximum Gasteiger partial charge on any atom is 0.231 e. The number of rotatable bonds is 4. The molecule has 0 saturated heterocycles. The molecule has 1 saturated carbocycles. The average molecular weight is 336 g/mol. The summed E-state index contributed by atoms with van der Waals surface area (Å²) in [5, 5.41) is 5.81. The summed E-state index contributed by atoms with van der Waals surface area (Å²) in [6.07, 6.45) is 2.64.